The standard InChI is InChI=1S/C14H25N3O2/c1-6-7-15-9-10-8-11(18)17-13(16-10)12(19-5)14(2,3)4/h8,12,15H,6-7,9H2,1-5H3,(H,16,17,18). The van der Waals surface area contributed by atoms with Crippen molar-refractivity contribution < 1.29 is 4.74 Å². The number of hydrogen-bond donors (Lipinski definition) is 2. The molecule has 0 aliphatic heterocycles. The van der Waals surface area contributed by atoms with Gasteiger partial charge in [0.2, 0.25) is 0 Å². The van der Waals surface area contributed by atoms with Crippen molar-refractivity contribution in [3.8, 4) is 0 Å². The molecule has 0 spiro atoms. The number of hydrogen-bond acceptors (Lipinski definition) is 4. The molecule has 1 aromatic rings. The highest BCUT2D eigenvalue weighted by Crippen LogP contribution is 2.33. The van der Waals surface area contributed by atoms with Gasteiger partial charge in [-0.15, -0.1) is 0 Å². The fraction of sp³-hybridized carbons (Fsp3) is 0.714. The third-order valence-electron chi connectivity index (χ3n) is 2.82. The van der Waals surface area contributed by atoms with E-state index in [-0.39, 0.29) is 17.1 Å². The summed E-state index contributed by atoms with van der Waals surface area (Å²) >= 11 is 0. The summed E-state index contributed by atoms with van der Waals surface area (Å²) in [4.78, 5) is 19.0. The molecule has 0 aliphatic carbocycles. The van der Waals surface area contributed by atoms with Crippen LogP contribution in [0.2, 0.25) is 0 Å². The van der Waals surface area contributed by atoms with Crippen molar-refractivity contribution >= 4 is 0 Å². The van der Waals surface area contributed by atoms with Crippen molar-refractivity contribution in [2.75, 3.05) is 13.7 Å². The minimum atomic E-state index is -0.230. The summed E-state index contributed by atoms with van der Waals surface area (Å²) in [6.45, 7) is 9.79. The largest absolute Gasteiger partial charge is 0.373 e. The van der Waals surface area contributed by atoms with Gasteiger partial charge in [-0.1, -0.05) is 27.7 Å². The summed E-state index contributed by atoms with van der Waals surface area (Å²) in [5.74, 6) is 0.593. The second-order valence-electron chi connectivity index (χ2n) is 5.78. The summed E-state index contributed by atoms with van der Waals surface area (Å²) < 4.78 is 5.48. The predicted molar refractivity (Wildman–Crippen MR) is 76.1 cm³/mol. The van der Waals surface area contributed by atoms with Crippen LogP contribution in [0.15, 0.2) is 10.9 Å². The minimum Gasteiger partial charge on any atom is -0.373 e. The van der Waals surface area contributed by atoms with Crippen LogP contribution in [-0.2, 0) is 11.3 Å². The van der Waals surface area contributed by atoms with Gasteiger partial charge in [-0.25, -0.2) is 4.98 Å². The fourth-order valence-corrected chi connectivity index (χ4v) is 2.01. The number of aromatic nitrogens is 2. The molecule has 0 saturated carbocycles. The van der Waals surface area contributed by atoms with Gasteiger partial charge in [0.25, 0.3) is 5.56 Å². The lowest BCUT2D eigenvalue weighted by Gasteiger charge is -2.28. The van der Waals surface area contributed by atoms with E-state index in [1.54, 1.807) is 7.11 Å². The summed E-state index contributed by atoms with van der Waals surface area (Å²) in [6, 6.07) is 1.53. The van der Waals surface area contributed by atoms with E-state index in [0.717, 1.165) is 18.7 Å². The number of nitrogens with one attached hydrogen (secondary N) is 2. The van der Waals surface area contributed by atoms with E-state index in [2.05, 4.69) is 43.0 Å². The van der Waals surface area contributed by atoms with E-state index in [1.807, 2.05) is 0 Å². The second kappa shape index (κ2) is 6.82. The molecule has 19 heavy (non-hydrogen) atoms. The van der Waals surface area contributed by atoms with Gasteiger partial charge in [-0.05, 0) is 18.4 Å². The molecule has 5 nitrogen and oxygen atoms in total. The van der Waals surface area contributed by atoms with Crippen LogP contribution in [0.1, 0.15) is 51.7 Å². The molecule has 0 saturated heterocycles. The van der Waals surface area contributed by atoms with Crippen LogP contribution >= 0.6 is 0 Å². The van der Waals surface area contributed by atoms with Gasteiger partial charge in [-0.3, -0.25) is 4.79 Å². The molecule has 1 rings (SSSR count). The summed E-state index contributed by atoms with van der Waals surface area (Å²) in [5.41, 5.74) is 0.489. The van der Waals surface area contributed by atoms with Crippen molar-refractivity contribution in [3.63, 3.8) is 0 Å². The Kier molecular flexibility index (Phi) is 5.69. The number of methoxy groups -OCH3 is 1. The molecule has 0 fully saturated rings. The quantitative estimate of drug-likeness (QED) is 0.774. The molecule has 0 radical (unpaired) electrons. The van der Waals surface area contributed by atoms with Crippen LogP contribution in [0, 0.1) is 5.41 Å². The highest BCUT2D eigenvalue weighted by Gasteiger charge is 2.28. The first-order chi connectivity index (χ1) is 8.88. The number of H-pyrrole nitrogens is 1. The Hall–Kier alpha value is -1.20. The topological polar surface area (TPSA) is 67.0 Å². The van der Waals surface area contributed by atoms with Crippen molar-refractivity contribution in [3.05, 3.63) is 27.9 Å². The van der Waals surface area contributed by atoms with Gasteiger partial charge < -0.3 is 15.0 Å². The normalized spacial score (nSPS) is 13.5. The number of ether oxygens (including phenoxy) is 1. The molecule has 0 bridgehead atoms. The SMILES string of the molecule is CCCNCc1cc(=O)[nH]c(C(OC)C(C)(C)C)n1. The first kappa shape index (κ1) is 15.9. The first-order valence-corrected chi connectivity index (χ1v) is 6.72. The van der Waals surface area contributed by atoms with E-state index >= 15 is 0 Å². The summed E-state index contributed by atoms with van der Waals surface area (Å²) in [7, 11) is 1.64. The fourth-order valence-electron chi connectivity index (χ4n) is 2.01. The molecule has 1 aromatic heterocycles. The third kappa shape index (κ3) is 4.76. The van der Waals surface area contributed by atoms with Gasteiger partial charge >= 0.3 is 0 Å². The van der Waals surface area contributed by atoms with Crippen molar-refractivity contribution in [2.45, 2.75) is 46.8 Å². The Bertz CT molecular complexity index is 449. The maximum Gasteiger partial charge on any atom is 0.251 e. The summed E-state index contributed by atoms with van der Waals surface area (Å²) in [6.07, 6.45) is 0.824. The van der Waals surface area contributed by atoms with Crippen molar-refractivity contribution in [1.29, 1.82) is 0 Å². The zero-order valence-corrected chi connectivity index (χ0v) is 12.5. The van der Waals surface area contributed by atoms with Crippen LogP contribution in [0.25, 0.3) is 0 Å². The Morgan fingerprint density at radius 3 is 2.68 bits per heavy atom. The number of aromatic amines is 1. The molecular weight excluding hydrogens is 242 g/mol. The van der Waals surface area contributed by atoms with Crippen LogP contribution in [0.3, 0.4) is 0 Å². The highest BCUT2D eigenvalue weighted by atomic mass is 16.5. The molecule has 0 aliphatic rings. The highest BCUT2D eigenvalue weighted by molar-refractivity contribution is 5.06. The van der Waals surface area contributed by atoms with E-state index in [0.29, 0.717) is 12.4 Å². The zero-order chi connectivity index (χ0) is 14.5. The van der Waals surface area contributed by atoms with Crippen LogP contribution in [0.5, 0.6) is 0 Å². The van der Waals surface area contributed by atoms with Crippen molar-refractivity contribution in [1.82, 2.24) is 15.3 Å². The van der Waals surface area contributed by atoms with E-state index in [4.69, 9.17) is 4.74 Å². The Balaban J connectivity index is 2.98. The average Bonchev–Trinajstić information content (AvgIpc) is 2.27. The minimum absolute atomic E-state index is 0.125. The lowest BCUT2D eigenvalue weighted by atomic mass is 9.88. The van der Waals surface area contributed by atoms with Gasteiger partial charge in [0.15, 0.2) is 0 Å². The molecule has 5 heteroatoms. The lowest BCUT2D eigenvalue weighted by molar-refractivity contribution is 0.00832. The Morgan fingerprint density at radius 2 is 2.16 bits per heavy atom. The zero-order valence-electron chi connectivity index (χ0n) is 12.5. The third-order valence-corrected chi connectivity index (χ3v) is 2.82. The number of rotatable bonds is 6. The second-order valence-corrected chi connectivity index (χ2v) is 5.78. The number of nitrogens with zero attached hydrogens (tertiary/aromatic N) is 1. The smallest absolute Gasteiger partial charge is 0.251 e. The molecule has 0 amide bonds. The molecule has 1 unspecified atom stereocenters. The maximum atomic E-state index is 11.7. The average molecular weight is 267 g/mol. The molecule has 1 heterocycles. The Labute approximate surface area is 114 Å². The monoisotopic (exact) mass is 267 g/mol. The van der Waals surface area contributed by atoms with Gasteiger partial charge in [0, 0.05) is 19.7 Å². The molecule has 1 atom stereocenters. The van der Waals surface area contributed by atoms with Crippen LogP contribution in [-0.4, -0.2) is 23.6 Å². The molecule has 2 N–H and O–H groups in total. The lowest BCUT2D eigenvalue weighted by Crippen LogP contribution is -2.27. The van der Waals surface area contributed by atoms with Crippen LogP contribution in [0.4, 0.5) is 0 Å². The molecular formula is C14H25N3O2. The van der Waals surface area contributed by atoms with E-state index < -0.39 is 0 Å². The van der Waals surface area contributed by atoms with Gasteiger partial charge in [-0.2, -0.15) is 0 Å². The first-order valence-electron chi connectivity index (χ1n) is 6.72. The predicted octanol–water partition coefficient (Wildman–Crippen LogP) is 2.00. The van der Waals surface area contributed by atoms with Crippen LogP contribution < -0.4 is 10.9 Å². The molecule has 0 aromatic carbocycles. The van der Waals surface area contributed by atoms with E-state index in [9.17, 15) is 4.79 Å². The molecule has 108 valence electrons. The van der Waals surface area contributed by atoms with Gasteiger partial charge in [0.1, 0.15) is 11.9 Å². The van der Waals surface area contributed by atoms with E-state index in [1.165, 1.54) is 6.07 Å². The summed E-state index contributed by atoms with van der Waals surface area (Å²) in [5, 5.41) is 3.25. The van der Waals surface area contributed by atoms with Gasteiger partial charge in [0.05, 0.1) is 5.69 Å². The Morgan fingerprint density at radius 1 is 1.47 bits per heavy atom. The van der Waals surface area contributed by atoms with Crippen molar-refractivity contribution in [2.24, 2.45) is 5.41 Å². The maximum absolute atomic E-state index is 11.7.